The molecule has 1 N–H and O–H groups in total. The fourth-order valence-corrected chi connectivity index (χ4v) is 5.80. The predicted molar refractivity (Wildman–Crippen MR) is 139 cm³/mol. The lowest BCUT2D eigenvalue weighted by Gasteiger charge is -2.31. The monoisotopic (exact) mass is 523 g/mol. The van der Waals surface area contributed by atoms with Crippen LogP contribution in [0.15, 0.2) is 55.0 Å². The number of sulfonamides is 1. The quantitative estimate of drug-likeness (QED) is 0.395. The summed E-state index contributed by atoms with van der Waals surface area (Å²) in [7, 11) is -1.69. The maximum atomic E-state index is 13.2. The van der Waals surface area contributed by atoms with Crippen LogP contribution in [0.25, 0.3) is 11.3 Å². The van der Waals surface area contributed by atoms with Crippen LogP contribution in [0.5, 0.6) is 5.75 Å². The smallest absolute Gasteiger partial charge is 0.262 e. The van der Waals surface area contributed by atoms with Crippen molar-refractivity contribution in [2.45, 2.75) is 37.9 Å². The van der Waals surface area contributed by atoms with Gasteiger partial charge in [0.05, 0.1) is 29.9 Å². The summed E-state index contributed by atoms with van der Waals surface area (Å²) in [5, 5.41) is 11.6. The summed E-state index contributed by atoms with van der Waals surface area (Å²) in [6, 6.07) is 11.0. The molecule has 0 aliphatic carbocycles. The Bertz CT molecular complexity index is 1520. The summed E-state index contributed by atoms with van der Waals surface area (Å²) in [5.41, 5.74) is 2.34. The molecule has 0 atom stereocenters. The first kappa shape index (κ1) is 24.9. The first-order valence-corrected chi connectivity index (χ1v) is 13.6. The van der Waals surface area contributed by atoms with Gasteiger partial charge in [-0.2, -0.15) is 10.2 Å². The maximum Gasteiger partial charge on any atom is 0.262 e. The van der Waals surface area contributed by atoms with Gasteiger partial charge in [-0.05, 0) is 57.0 Å². The van der Waals surface area contributed by atoms with Crippen molar-refractivity contribution in [3.63, 3.8) is 0 Å². The van der Waals surface area contributed by atoms with Gasteiger partial charge in [0.1, 0.15) is 17.1 Å². The Balaban J connectivity index is 1.44. The highest BCUT2D eigenvalue weighted by atomic mass is 32.2. The molecule has 1 aromatic carbocycles. The molecule has 0 spiro atoms. The molecule has 0 radical (unpaired) electrons. The van der Waals surface area contributed by atoms with E-state index in [1.807, 2.05) is 30.3 Å². The minimum absolute atomic E-state index is 0.0624. The number of fused-ring (bicyclic) bond motifs is 1. The summed E-state index contributed by atoms with van der Waals surface area (Å²) in [6.07, 6.45) is 6.12. The van der Waals surface area contributed by atoms with E-state index in [0.29, 0.717) is 48.7 Å². The van der Waals surface area contributed by atoms with Crippen LogP contribution in [0.2, 0.25) is 0 Å². The van der Waals surface area contributed by atoms with E-state index in [-0.39, 0.29) is 11.8 Å². The van der Waals surface area contributed by atoms with Crippen LogP contribution < -0.4 is 10.1 Å². The predicted octanol–water partition coefficient (Wildman–Crippen LogP) is 3.09. The lowest BCUT2D eigenvalue weighted by Crippen LogP contribution is -2.41. The highest BCUT2D eigenvalue weighted by Crippen LogP contribution is 2.32. The summed E-state index contributed by atoms with van der Waals surface area (Å²) in [4.78, 5) is 17.5. The van der Waals surface area contributed by atoms with Crippen molar-refractivity contribution in [2.75, 3.05) is 25.5 Å². The molecule has 194 valence electrons. The zero-order valence-electron chi connectivity index (χ0n) is 20.9. The fourth-order valence-electron chi connectivity index (χ4n) is 4.48. The maximum absolute atomic E-state index is 13.2. The standard InChI is InChI=1S/C25H29N7O4S/c1-17(2)37(34,35)30-13-9-18(10-14-30)22-15-23(32(29-22)19-5-7-20(36-3)8-6-19)28-25(33)21-16-27-31-12-4-11-26-24(21)31/h4-8,11-12,15-18H,9-10,13-14H2,1-3H3,(H,28,33). The molecule has 4 heterocycles. The summed E-state index contributed by atoms with van der Waals surface area (Å²) >= 11 is 0. The van der Waals surface area contributed by atoms with Gasteiger partial charge in [0.2, 0.25) is 10.0 Å². The summed E-state index contributed by atoms with van der Waals surface area (Å²) in [5.74, 6) is 0.913. The Kier molecular flexibility index (Phi) is 6.69. The highest BCUT2D eigenvalue weighted by Gasteiger charge is 2.32. The largest absolute Gasteiger partial charge is 0.497 e. The molecule has 5 rings (SSSR count). The van der Waals surface area contributed by atoms with E-state index in [1.165, 1.54) is 6.20 Å². The van der Waals surface area contributed by atoms with Gasteiger partial charge >= 0.3 is 0 Å². The Hall–Kier alpha value is -3.77. The average Bonchev–Trinajstić information content (AvgIpc) is 3.53. The molecular weight excluding hydrogens is 494 g/mol. The van der Waals surface area contributed by atoms with Gasteiger partial charge in [-0.3, -0.25) is 4.79 Å². The minimum Gasteiger partial charge on any atom is -0.497 e. The van der Waals surface area contributed by atoms with E-state index >= 15 is 0 Å². The third-order valence-corrected chi connectivity index (χ3v) is 8.91. The molecule has 11 nitrogen and oxygen atoms in total. The number of rotatable bonds is 7. The number of benzene rings is 1. The van der Waals surface area contributed by atoms with Crippen LogP contribution in [0.4, 0.5) is 5.82 Å². The first-order valence-electron chi connectivity index (χ1n) is 12.1. The zero-order valence-corrected chi connectivity index (χ0v) is 21.7. The summed E-state index contributed by atoms with van der Waals surface area (Å²) in [6.45, 7) is 4.28. The molecule has 1 fully saturated rings. The second-order valence-corrected chi connectivity index (χ2v) is 11.7. The number of aromatic nitrogens is 5. The van der Waals surface area contributed by atoms with Gasteiger partial charge in [-0.15, -0.1) is 0 Å². The second-order valence-electron chi connectivity index (χ2n) is 9.23. The molecule has 3 aromatic heterocycles. The molecule has 0 bridgehead atoms. The van der Waals surface area contributed by atoms with Crippen LogP contribution in [0.3, 0.4) is 0 Å². The van der Waals surface area contributed by atoms with Crippen LogP contribution in [0, 0.1) is 0 Å². The molecule has 0 unspecified atom stereocenters. The van der Waals surface area contributed by atoms with Crippen molar-refractivity contribution < 1.29 is 17.9 Å². The van der Waals surface area contributed by atoms with E-state index in [9.17, 15) is 13.2 Å². The van der Waals surface area contributed by atoms with Crippen LogP contribution in [-0.2, 0) is 10.0 Å². The van der Waals surface area contributed by atoms with E-state index in [0.717, 1.165) is 11.4 Å². The van der Waals surface area contributed by atoms with Crippen molar-refractivity contribution in [1.82, 2.24) is 28.7 Å². The van der Waals surface area contributed by atoms with Crippen molar-refractivity contribution in [3.8, 4) is 11.4 Å². The number of carbonyl (C=O) groups is 1. The first-order chi connectivity index (χ1) is 17.8. The number of hydrogen-bond acceptors (Lipinski definition) is 7. The average molecular weight is 524 g/mol. The molecule has 1 aliphatic heterocycles. The number of ether oxygens (including phenoxy) is 1. The lowest BCUT2D eigenvalue weighted by molar-refractivity contribution is 0.102. The minimum atomic E-state index is -3.29. The Morgan fingerprint density at radius 3 is 2.57 bits per heavy atom. The van der Waals surface area contributed by atoms with Crippen LogP contribution >= 0.6 is 0 Å². The topological polar surface area (TPSA) is 124 Å². The Morgan fingerprint density at radius 2 is 1.89 bits per heavy atom. The van der Waals surface area contributed by atoms with Gasteiger partial charge in [0.25, 0.3) is 5.91 Å². The second kappa shape index (κ2) is 9.94. The SMILES string of the molecule is COc1ccc(-n2nc(C3CCN(S(=O)(=O)C(C)C)CC3)cc2NC(=O)c2cnn3cccnc23)cc1. The van der Waals surface area contributed by atoms with Gasteiger partial charge in [-0.1, -0.05) is 0 Å². The number of methoxy groups -OCH3 is 1. The normalized spacial score (nSPS) is 15.4. The number of piperidine rings is 1. The van der Waals surface area contributed by atoms with Crippen molar-refractivity contribution in [3.05, 3.63) is 66.2 Å². The lowest BCUT2D eigenvalue weighted by atomic mass is 9.95. The molecule has 1 amide bonds. The molecule has 1 aliphatic rings. The van der Waals surface area contributed by atoms with E-state index in [4.69, 9.17) is 9.84 Å². The van der Waals surface area contributed by atoms with Crippen molar-refractivity contribution in [1.29, 1.82) is 0 Å². The molecule has 4 aromatic rings. The van der Waals surface area contributed by atoms with Crippen molar-refractivity contribution >= 4 is 27.4 Å². The zero-order chi connectivity index (χ0) is 26.2. The number of amides is 1. The molecule has 37 heavy (non-hydrogen) atoms. The third-order valence-electron chi connectivity index (χ3n) is 6.64. The van der Waals surface area contributed by atoms with E-state index in [2.05, 4.69) is 15.4 Å². The van der Waals surface area contributed by atoms with Gasteiger partial charge in [0, 0.05) is 37.5 Å². The third kappa shape index (κ3) is 4.81. The Labute approximate surface area is 215 Å². The van der Waals surface area contributed by atoms with Crippen LogP contribution in [-0.4, -0.2) is 68.5 Å². The summed E-state index contributed by atoms with van der Waals surface area (Å²) < 4.78 is 35.2. The van der Waals surface area contributed by atoms with E-state index < -0.39 is 15.3 Å². The molecular formula is C25H29N7O4S. The van der Waals surface area contributed by atoms with Gasteiger partial charge in [0.15, 0.2) is 5.65 Å². The fraction of sp³-hybridized carbons (Fsp3) is 0.360. The number of nitrogens with one attached hydrogen (secondary N) is 1. The molecule has 12 heteroatoms. The molecule has 0 saturated carbocycles. The number of nitrogens with zero attached hydrogens (tertiary/aromatic N) is 6. The van der Waals surface area contributed by atoms with Crippen molar-refractivity contribution in [2.24, 2.45) is 0 Å². The number of anilines is 1. The van der Waals surface area contributed by atoms with Crippen LogP contribution in [0.1, 0.15) is 48.7 Å². The van der Waals surface area contributed by atoms with Gasteiger partial charge in [-0.25, -0.2) is 26.9 Å². The number of carbonyl (C=O) groups excluding carboxylic acids is 1. The highest BCUT2D eigenvalue weighted by molar-refractivity contribution is 7.89. The number of hydrogen-bond donors (Lipinski definition) is 1. The Morgan fingerprint density at radius 1 is 1.16 bits per heavy atom. The molecule has 1 saturated heterocycles. The van der Waals surface area contributed by atoms with Gasteiger partial charge < -0.3 is 10.1 Å². The van der Waals surface area contributed by atoms with E-state index in [1.54, 1.807) is 52.9 Å².